The van der Waals surface area contributed by atoms with Gasteiger partial charge in [-0.05, 0) is 25.7 Å². The van der Waals surface area contributed by atoms with Crippen molar-refractivity contribution in [1.29, 1.82) is 0 Å². The average molecular weight is 184 g/mol. The summed E-state index contributed by atoms with van der Waals surface area (Å²) in [6, 6.07) is 0. The van der Waals surface area contributed by atoms with E-state index < -0.39 is 5.60 Å². The minimum atomic E-state index is -0.471. The lowest BCUT2D eigenvalue weighted by molar-refractivity contribution is -0.0285. The van der Waals surface area contributed by atoms with Crippen molar-refractivity contribution in [2.45, 2.75) is 57.2 Å². The minimum Gasteiger partial charge on any atom is -0.390 e. The first-order valence-electron chi connectivity index (χ1n) is 5.52. The smallest absolute Gasteiger partial charge is 0.0837 e. The Morgan fingerprint density at radius 3 is 2.46 bits per heavy atom. The zero-order valence-corrected chi connectivity index (χ0v) is 8.46. The highest BCUT2D eigenvalue weighted by Crippen LogP contribution is 2.37. The van der Waals surface area contributed by atoms with Crippen LogP contribution in [-0.4, -0.2) is 23.4 Å². The van der Waals surface area contributed by atoms with Crippen molar-refractivity contribution in [2.75, 3.05) is 6.61 Å². The van der Waals surface area contributed by atoms with E-state index in [1.807, 2.05) is 6.92 Å². The van der Waals surface area contributed by atoms with E-state index in [-0.39, 0.29) is 0 Å². The van der Waals surface area contributed by atoms with Gasteiger partial charge in [0.25, 0.3) is 0 Å². The van der Waals surface area contributed by atoms with Gasteiger partial charge >= 0.3 is 0 Å². The van der Waals surface area contributed by atoms with E-state index in [1.165, 1.54) is 32.1 Å². The van der Waals surface area contributed by atoms with E-state index in [1.54, 1.807) is 0 Å². The molecule has 1 heterocycles. The molecule has 2 aliphatic rings. The third-order valence-electron chi connectivity index (χ3n) is 3.53. The van der Waals surface area contributed by atoms with Crippen molar-refractivity contribution in [3.63, 3.8) is 0 Å². The van der Waals surface area contributed by atoms with Gasteiger partial charge in [-0.15, -0.1) is 0 Å². The highest BCUT2D eigenvalue weighted by molar-refractivity contribution is 4.89. The molecule has 0 bridgehead atoms. The molecule has 1 N–H and O–H groups in total. The Morgan fingerprint density at radius 1 is 1.31 bits per heavy atom. The SMILES string of the molecule is C[C@](O)(C[C@H]1CO1)C1CCCCC1. The molecule has 0 amide bonds. The summed E-state index contributed by atoms with van der Waals surface area (Å²) in [5.74, 6) is 0.519. The fourth-order valence-corrected chi connectivity index (χ4v) is 2.54. The number of rotatable bonds is 3. The molecule has 0 aromatic heterocycles. The average Bonchev–Trinajstić information content (AvgIpc) is 2.89. The van der Waals surface area contributed by atoms with Crippen molar-refractivity contribution >= 4 is 0 Å². The lowest BCUT2D eigenvalue weighted by Gasteiger charge is -2.35. The third kappa shape index (κ3) is 2.44. The molecule has 2 heteroatoms. The van der Waals surface area contributed by atoms with Crippen LogP contribution in [0.4, 0.5) is 0 Å². The lowest BCUT2D eigenvalue weighted by atomic mass is 9.76. The predicted molar refractivity (Wildman–Crippen MR) is 51.6 cm³/mol. The van der Waals surface area contributed by atoms with Crippen LogP contribution in [0.15, 0.2) is 0 Å². The van der Waals surface area contributed by atoms with Crippen molar-refractivity contribution in [2.24, 2.45) is 5.92 Å². The van der Waals surface area contributed by atoms with Gasteiger partial charge < -0.3 is 9.84 Å². The molecule has 0 aromatic carbocycles. The molecule has 0 spiro atoms. The second kappa shape index (κ2) is 3.58. The van der Waals surface area contributed by atoms with Gasteiger partial charge in [0.15, 0.2) is 0 Å². The molecule has 0 unspecified atom stereocenters. The molecule has 2 atom stereocenters. The molecule has 0 radical (unpaired) electrons. The van der Waals surface area contributed by atoms with Gasteiger partial charge in [-0.3, -0.25) is 0 Å². The quantitative estimate of drug-likeness (QED) is 0.681. The van der Waals surface area contributed by atoms with Gasteiger partial charge in [-0.25, -0.2) is 0 Å². The van der Waals surface area contributed by atoms with E-state index in [4.69, 9.17) is 4.74 Å². The summed E-state index contributed by atoms with van der Waals surface area (Å²) in [6.45, 7) is 2.85. The summed E-state index contributed by atoms with van der Waals surface area (Å²) in [5, 5.41) is 10.3. The Morgan fingerprint density at radius 2 is 1.92 bits per heavy atom. The second-order valence-corrected chi connectivity index (χ2v) is 4.85. The van der Waals surface area contributed by atoms with Crippen LogP contribution in [-0.2, 0) is 4.74 Å². The molecular weight excluding hydrogens is 164 g/mol. The van der Waals surface area contributed by atoms with Crippen LogP contribution in [0, 0.1) is 5.92 Å². The second-order valence-electron chi connectivity index (χ2n) is 4.85. The molecule has 1 aliphatic carbocycles. The van der Waals surface area contributed by atoms with E-state index in [9.17, 15) is 5.11 Å². The Hall–Kier alpha value is -0.0800. The molecule has 1 saturated carbocycles. The predicted octanol–water partition coefficient (Wildman–Crippen LogP) is 2.11. The summed E-state index contributed by atoms with van der Waals surface area (Å²) in [6.07, 6.45) is 7.57. The molecule has 2 nitrogen and oxygen atoms in total. The lowest BCUT2D eigenvalue weighted by Crippen LogP contribution is -2.37. The maximum atomic E-state index is 10.3. The van der Waals surface area contributed by atoms with Gasteiger partial charge in [-0.1, -0.05) is 19.3 Å². The Bertz CT molecular complexity index is 167. The van der Waals surface area contributed by atoms with Crippen LogP contribution in [0.3, 0.4) is 0 Å². The highest BCUT2D eigenvalue weighted by Gasteiger charge is 2.38. The van der Waals surface area contributed by atoms with Crippen LogP contribution in [0.25, 0.3) is 0 Å². The Balaban J connectivity index is 1.86. The minimum absolute atomic E-state index is 0.358. The standard InChI is InChI=1S/C11H20O2/c1-11(12,7-10-8-13-10)9-5-3-2-4-6-9/h9-10,12H,2-8H2,1H3/t10-,11-/m0/s1. The molecule has 2 fully saturated rings. The van der Waals surface area contributed by atoms with E-state index >= 15 is 0 Å². The number of hydrogen-bond acceptors (Lipinski definition) is 2. The summed E-state index contributed by atoms with van der Waals surface area (Å²) in [4.78, 5) is 0. The molecular formula is C11H20O2. The number of epoxide rings is 1. The molecule has 1 aliphatic heterocycles. The van der Waals surface area contributed by atoms with E-state index in [0.717, 1.165) is 13.0 Å². The van der Waals surface area contributed by atoms with Gasteiger partial charge in [0, 0.05) is 6.42 Å². The van der Waals surface area contributed by atoms with Crippen LogP contribution >= 0.6 is 0 Å². The number of ether oxygens (including phenoxy) is 1. The van der Waals surface area contributed by atoms with Crippen LogP contribution in [0.5, 0.6) is 0 Å². The highest BCUT2D eigenvalue weighted by atomic mass is 16.6. The molecule has 13 heavy (non-hydrogen) atoms. The zero-order valence-electron chi connectivity index (χ0n) is 8.46. The maximum Gasteiger partial charge on any atom is 0.0837 e. The van der Waals surface area contributed by atoms with Crippen molar-refractivity contribution in [1.82, 2.24) is 0 Å². The van der Waals surface area contributed by atoms with E-state index in [0.29, 0.717) is 12.0 Å². The zero-order chi connectivity index (χ0) is 9.31. The Labute approximate surface area is 80.3 Å². The Kier molecular flexibility index (Phi) is 2.61. The fourth-order valence-electron chi connectivity index (χ4n) is 2.54. The van der Waals surface area contributed by atoms with Crippen LogP contribution in [0.2, 0.25) is 0 Å². The molecule has 0 aromatic rings. The fraction of sp³-hybridized carbons (Fsp3) is 1.00. The van der Waals surface area contributed by atoms with E-state index in [2.05, 4.69) is 0 Å². The summed E-state index contributed by atoms with van der Waals surface area (Å²) >= 11 is 0. The third-order valence-corrected chi connectivity index (χ3v) is 3.53. The molecule has 76 valence electrons. The summed E-state index contributed by atoms with van der Waals surface area (Å²) < 4.78 is 5.18. The van der Waals surface area contributed by atoms with Gasteiger partial charge in [0.2, 0.25) is 0 Å². The first kappa shape index (κ1) is 9.47. The van der Waals surface area contributed by atoms with Crippen molar-refractivity contribution < 1.29 is 9.84 Å². The van der Waals surface area contributed by atoms with Gasteiger partial charge in [0.05, 0.1) is 18.3 Å². The maximum absolute atomic E-state index is 10.3. The number of aliphatic hydroxyl groups is 1. The van der Waals surface area contributed by atoms with Crippen molar-refractivity contribution in [3.8, 4) is 0 Å². The number of hydrogen-bond donors (Lipinski definition) is 1. The largest absolute Gasteiger partial charge is 0.390 e. The van der Waals surface area contributed by atoms with Gasteiger partial charge in [0.1, 0.15) is 0 Å². The summed E-state index contributed by atoms with van der Waals surface area (Å²) in [5.41, 5.74) is -0.471. The molecule has 2 rings (SSSR count). The van der Waals surface area contributed by atoms with Crippen LogP contribution < -0.4 is 0 Å². The van der Waals surface area contributed by atoms with Crippen molar-refractivity contribution in [3.05, 3.63) is 0 Å². The topological polar surface area (TPSA) is 32.8 Å². The normalized spacial score (nSPS) is 34.2. The molecule has 1 saturated heterocycles. The monoisotopic (exact) mass is 184 g/mol. The van der Waals surface area contributed by atoms with Gasteiger partial charge in [-0.2, -0.15) is 0 Å². The first-order valence-corrected chi connectivity index (χ1v) is 5.52. The summed E-state index contributed by atoms with van der Waals surface area (Å²) in [7, 11) is 0. The first-order chi connectivity index (χ1) is 6.18. The van der Waals surface area contributed by atoms with Crippen LogP contribution in [0.1, 0.15) is 45.4 Å².